The van der Waals surface area contributed by atoms with Crippen molar-refractivity contribution in [3.05, 3.63) is 42.2 Å². The van der Waals surface area contributed by atoms with Gasteiger partial charge < -0.3 is 20.3 Å². The van der Waals surface area contributed by atoms with Crippen LogP contribution in [0.25, 0.3) is 0 Å². The van der Waals surface area contributed by atoms with Gasteiger partial charge in [0.05, 0.1) is 19.0 Å². The van der Waals surface area contributed by atoms with E-state index in [9.17, 15) is 9.59 Å². The van der Waals surface area contributed by atoms with Gasteiger partial charge >= 0.3 is 0 Å². The van der Waals surface area contributed by atoms with E-state index in [0.29, 0.717) is 37.4 Å². The molecule has 1 unspecified atom stereocenters. The van der Waals surface area contributed by atoms with Crippen LogP contribution in [0.2, 0.25) is 0 Å². The number of para-hydroxylation sites is 2. The molecule has 1 aromatic carbocycles. The zero-order chi connectivity index (χ0) is 20.1. The molecule has 1 aromatic heterocycles. The number of nitrogens with one attached hydrogen (secondary N) is 2. The summed E-state index contributed by atoms with van der Waals surface area (Å²) >= 11 is 0. The van der Waals surface area contributed by atoms with Crippen molar-refractivity contribution in [3.63, 3.8) is 0 Å². The second kappa shape index (κ2) is 8.88. The molecule has 8 nitrogen and oxygen atoms in total. The Morgan fingerprint density at radius 2 is 1.96 bits per heavy atom. The Labute approximate surface area is 164 Å². The van der Waals surface area contributed by atoms with Crippen molar-refractivity contribution in [2.45, 2.75) is 18.9 Å². The maximum absolute atomic E-state index is 12.9. The van der Waals surface area contributed by atoms with Crippen LogP contribution in [0.5, 0.6) is 5.75 Å². The third-order valence-electron chi connectivity index (χ3n) is 5.14. The Morgan fingerprint density at radius 1 is 1.25 bits per heavy atom. The highest BCUT2D eigenvalue weighted by Gasteiger charge is 2.31. The molecule has 1 saturated heterocycles. The fraction of sp³-hybridized carbons (Fsp3) is 0.450. The first-order valence-corrected chi connectivity index (χ1v) is 9.42. The molecule has 0 bridgehead atoms. The molecule has 0 aliphatic carbocycles. The Morgan fingerprint density at radius 3 is 2.57 bits per heavy atom. The van der Waals surface area contributed by atoms with Gasteiger partial charge in [-0.15, -0.1) is 0 Å². The molecule has 2 heterocycles. The van der Waals surface area contributed by atoms with Gasteiger partial charge in [0.15, 0.2) is 0 Å². The van der Waals surface area contributed by atoms with Crippen LogP contribution in [0.4, 0.5) is 5.69 Å². The topological polar surface area (TPSA) is 88.5 Å². The zero-order valence-corrected chi connectivity index (χ0v) is 16.5. The lowest BCUT2D eigenvalue weighted by molar-refractivity contribution is -0.136. The van der Waals surface area contributed by atoms with E-state index in [-0.39, 0.29) is 17.7 Å². The molecule has 0 radical (unpaired) electrons. The van der Waals surface area contributed by atoms with E-state index in [1.807, 2.05) is 42.4 Å². The zero-order valence-electron chi connectivity index (χ0n) is 16.5. The van der Waals surface area contributed by atoms with E-state index in [4.69, 9.17) is 4.74 Å². The second-order valence-corrected chi connectivity index (χ2v) is 6.96. The second-order valence-electron chi connectivity index (χ2n) is 6.96. The number of aryl methyl sites for hydroxylation is 1. The van der Waals surface area contributed by atoms with Crippen molar-refractivity contribution in [2.24, 2.45) is 13.0 Å². The number of nitrogens with zero attached hydrogens (tertiary/aromatic N) is 3. The monoisotopic (exact) mass is 385 g/mol. The largest absolute Gasteiger partial charge is 0.495 e. The van der Waals surface area contributed by atoms with Gasteiger partial charge in [-0.2, -0.15) is 5.10 Å². The Kier molecular flexibility index (Phi) is 6.30. The molecule has 28 heavy (non-hydrogen) atoms. The predicted molar refractivity (Wildman–Crippen MR) is 106 cm³/mol. The van der Waals surface area contributed by atoms with Crippen LogP contribution < -0.4 is 15.4 Å². The number of carbonyl (C=O) groups is 2. The quantitative estimate of drug-likeness (QED) is 0.788. The highest BCUT2D eigenvalue weighted by atomic mass is 16.5. The molecule has 150 valence electrons. The number of ether oxygens (including phenoxy) is 1. The van der Waals surface area contributed by atoms with E-state index < -0.39 is 6.04 Å². The van der Waals surface area contributed by atoms with Gasteiger partial charge in [-0.25, -0.2) is 0 Å². The third kappa shape index (κ3) is 4.33. The van der Waals surface area contributed by atoms with E-state index in [0.717, 1.165) is 5.56 Å². The lowest BCUT2D eigenvalue weighted by Gasteiger charge is -2.33. The summed E-state index contributed by atoms with van der Waals surface area (Å²) in [5.74, 6) is 0.491. The molecule has 1 atom stereocenters. The normalized spacial score (nSPS) is 15.9. The Bertz CT molecular complexity index is 827. The summed E-state index contributed by atoms with van der Waals surface area (Å²) in [5.41, 5.74) is 1.51. The summed E-state index contributed by atoms with van der Waals surface area (Å²) in [6, 6.07) is 6.93. The number of hydrogen-bond acceptors (Lipinski definition) is 5. The van der Waals surface area contributed by atoms with Crippen molar-refractivity contribution < 1.29 is 14.3 Å². The van der Waals surface area contributed by atoms with Crippen LogP contribution in [0, 0.1) is 5.92 Å². The van der Waals surface area contributed by atoms with Gasteiger partial charge in [0.25, 0.3) is 0 Å². The van der Waals surface area contributed by atoms with E-state index in [2.05, 4.69) is 15.7 Å². The molecular weight excluding hydrogens is 358 g/mol. The first-order chi connectivity index (χ1) is 13.5. The van der Waals surface area contributed by atoms with Gasteiger partial charge in [-0.1, -0.05) is 12.1 Å². The lowest BCUT2D eigenvalue weighted by atomic mass is 9.95. The van der Waals surface area contributed by atoms with Crippen molar-refractivity contribution >= 4 is 17.5 Å². The smallest absolute Gasteiger partial charge is 0.244 e. The summed E-state index contributed by atoms with van der Waals surface area (Å²) in [7, 11) is 5.17. The number of rotatable bonds is 6. The van der Waals surface area contributed by atoms with Crippen molar-refractivity contribution in [1.82, 2.24) is 20.0 Å². The van der Waals surface area contributed by atoms with Gasteiger partial charge in [-0.05, 0) is 32.0 Å². The van der Waals surface area contributed by atoms with E-state index >= 15 is 0 Å². The SMILES string of the molecule is CNC(C(=O)N1CCC(C(=O)Nc2ccccc2OC)CC1)c1cnn(C)c1. The number of amides is 2. The minimum atomic E-state index is -0.423. The average Bonchev–Trinajstić information content (AvgIpc) is 3.14. The number of piperidine rings is 1. The lowest BCUT2D eigenvalue weighted by Crippen LogP contribution is -2.45. The van der Waals surface area contributed by atoms with Gasteiger partial charge in [0, 0.05) is 37.8 Å². The highest BCUT2D eigenvalue weighted by Crippen LogP contribution is 2.26. The molecule has 1 aliphatic rings. The maximum Gasteiger partial charge on any atom is 0.244 e. The van der Waals surface area contributed by atoms with Crippen molar-refractivity contribution in [2.75, 3.05) is 32.6 Å². The number of anilines is 1. The average molecular weight is 385 g/mol. The minimum Gasteiger partial charge on any atom is -0.495 e. The van der Waals surface area contributed by atoms with Gasteiger partial charge in [0.1, 0.15) is 11.8 Å². The number of likely N-dealkylation sites (tertiary alicyclic amines) is 1. The molecule has 3 rings (SSSR count). The molecule has 1 fully saturated rings. The molecule has 1 aliphatic heterocycles. The fourth-order valence-electron chi connectivity index (χ4n) is 3.55. The van der Waals surface area contributed by atoms with Crippen LogP contribution in [-0.2, 0) is 16.6 Å². The predicted octanol–water partition coefficient (Wildman–Crippen LogP) is 1.57. The molecule has 2 aromatic rings. The summed E-state index contributed by atoms with van der Waals surface area (Å²) in [4.78, 5) is 27.4. The number of hydrogen-bond donors (Lipinski definition) is 2. The van der Waals surface area contributed by atoms with Crippen LogP contribution in [0.3, 0.4) is 0 Å². The molecule has 0 saturated carbocycles. The number of methoxy groups -OCH3 is 1. The summed E-state index contributed by atoms with van der Waals surface area (Å²) in [6.45, 7) is 1.11. The van der Waals surface area contributed by atoms with Crippen LogP contribution in [0.15, 0.2) is 36.7 Å². The van der Waals surface area contributed by atoms with Crippen LogP contribution >= 0.6 is 0 Å². The minimum absolute atomic E-state index is 0.0130. The summed E-state index contributed by atoms with van der Waals surface area (Å²) < 4.78 is 6.97. The van der Waals surface area contributed by atoms with Crippen molar-refractivity contribution in [1.29, 1.82) is 0 Å². The Balaban J connectivity index is 1.57. The van der Waals surface area contributed by atoms with Crippen LogP contribution in [-0.4, -0.2) is 53.7 Å². The molecule has 0 spiro atoms. The van der Waals surface area contributed by atoms with E-state index in [1.165, 1.54) is 0 Å². The van der Waals surface area contributed by atoms with Crippen molar-refractivity contribution in [3.8, 4) is 5.75 Å². The Hall–Kier alpha value is -2.87. The van der Waals surface area contributed by atoms with E-state index in [1.54, 1.807) is 25.0 Å². The standard InChI is InChI=1S/C20H27N5O3/c1-21-18(15-12-22-24(2)13-15)20(27)25-10-8-14(9-11-25)19(26)23-16-6-4-5-7-17(16)28-3/h4-7,12-14,18,21H,8-11H2,1-3H3,(H,23,26). The first kappa shape index (κ1) is 19.9. The third-order valence-corrected chi connectivity index (χ3v) is 5.14. The maximum atomic E-state index is 12.9. The van der Waals surface area contributed by atoms with Crippen LogP contribution in [0.1, 0.15) is 24.4 Å². The molecule has 2 amide bonds. The first-order valence-electron chi connectivity index (χ1n) is 9.42. The number of aromatic nitrogens is 2. The number of likely N-dealkylation sites (N-methyl/N-ethyl adjacent to an activating group) is 1. The number of benzene rings is 1. The molecule has 8 heteroatoms. The van der Waals surface area contributed by atoms with Gasteiger partial charge in [-0.3, -0.25) is 14.3 Å². The number of carbonyl (C=O) groups excluding carboxylic acids is 2. The van der Waals surface area contributed by atoms with Gasteiger partial charge in [0.2, 0.25) is 11.8 Å². The summed E-state index contributed by atoms with van der Waals surface area (Å²) in [6.07, 6.45) is 4.81. The highest BCUT2D eigenvalue weighted by molar-refractivity contribution is 5.94. The fourth-order valence-corrected chi connectivity index (χ4v) is 3.55. The summed E-state index contributed by atoms with van der Waals surface area (Å²) in [5, 5.41) is 10.2. The molecule has 2 N–H and O–H groups in total. The molecular formula is C20H27N5O3.